The summed E-state index contributed by atoms with van der Waals surface area (Å²) in [5.41, 5.74) is 2.65. The molecule has 0 fully saturated rings. The first-order chi connectivity index (χ1) is 11.1. The summed E-state index contributed by atoms with van der Waals surface area (Å²) in [6.45, 7) is 4.29. The van der Waals surface area contributed by atoms with E-state index in [4.69, 9.17) is 0 Å². The molecule has 2 aromatic rings. The van der Waals surface area contributed by atoms with E-state index in [1.807, 2.05) is 36.4 Å². The average Bonchev–Trinajstić information content (AvgIpc) is 2.55. The lowest BCUT2D eigenvalue weighted by molar-refractivity contribution is 0.675. The molecule has 0 amide bonds. The SMILES string of the molecule is CC1=C(C)CC(Sc2ccccc2)(Sc2ccccc2)[S@](=O)C1. The predicted molar refractivity (Wildman–Crippen MR) is 103 cm³/mol. The summed E-state index contributed by atoms with van der Waals surface area (Å²) in [5.74, 6) is 0.672. The number of hydrogen-bond donors (Lipinski definition) is 0. The highest BCUT2D eigenvalue weighted by molar-refractivity contribution is 8.30. The van der Waals surface area contributed by atoms with Gasteiger partial charge in [-0.25, -0.2) is 0 Å². The molecule has 0 saturated heterocycles. The average molecular weight is 361 g/mol. The minimum absolute atomic E-state index is 0.355. The molecule has 3 rings (SSSR count). The molecule has 23 heavy (non-hydrogen) atoms. The molecule has 4 heteroatoms. The molecule has 0 unspecified atom stereocenters. The molecule has 0 radical (unpaired) electrons. The first kappa shape index (κ1) is 16.9. The standard InChI is InChI=1S/C19H20OS3/c1-15-13-19(23(20)14-16(15)2,21-17-9-5-3-6-10-17)22-18-11-7-4-8-12-18/h3-12H,13-14H2,1-2H3/t23-/m1/s1. The summed E-state index contributed by atoms with van der Waals surface area (Å²) < 4.78 is 12.8. The monoisotopic (exact) mass is 360 g/mol. The molecule has 1 heterocycles. The van der Waals surface area contributed by atoms with E-state index >= 15 is 0 Å². The molecule has 1 nitrogen and oxygen atoms in total. The predicted octanol–water partition coefficient (Wildman–Crippen LogP) is 5.71. The Bertz CT molecular complexity index is 681. The van der Waals surface area contributed by atoms with Crippen LogP contribution in [0.5, 0.6) is 0 Å². The van der Waals surface area contributed by atoms with Crippen molar-refractivity contribution >= 4 is 34.3 Å². The van der Waals surface area contributed by atoms with E-state index in [0.29, 0.717) is 5.75 Å². The highest BCUT2D eigenvalue weighted by Gasteiger charge is 2.42. The van der Waals surface area contributed by atoms with Gasteiger partial charge in [-0.2, -0.15) is 0 Å². The van der Waals surface area contributed by atoms with Gasteiger partial charge in [0.05, 0.1) is 10.8 Å². The molecule has 1 atom stereocenters. The second-order valence-corrected chi connectivity index (χ2v) is 10.9. The van der Waals surface area contributed by atoms with Crippen molar-refractivity contribution in [3.63, 3.8) is 0 Å². The van der Waals surface area contributed by atoms with Crippen molar-refractivity contribution in [1.29, 1.82) is 0 Å². The normalized spacial score (nSPS) is 20.5. The lowest BCUT2D eigenvalue weighted by atomic mass is 10.1. The van der Waals surface area contributed by atoms with Gasteiger partial charge in [-0.1, -0.05) is 71.1 Å². The van der Waals surface area contributed by atoms with Crippen LogP contribution in [0.15, 0.2) is 81.6 Å². The van der Waals surface area contributed by atoms with Crippen molar-refractivity contribution in [2.45, 2.75) is 33.5 Å². The van der Waals surface area contributed by atoms with E-state index in [-0.39, 0.29) is 3.41 Å². The summed E-state index contributed by atoms with van der Waals surface area (Å²) in [7, 11) is -0.920. The van der Waals surface area contributed by atoms with Gasteiger partial charge in [-0.15, -0.1) is 0 Å². The van der Waals surface area contributed by atoms with E-state index < -0.39 is 10.8 Å². The lowest BCUT2D eigenvalue weighted by Gasteiger charge is -2.36. The highest BCUT2D eigenvalue weighted by Crippen LogP contribution is 2.53. The number of thioether (sulfide) groups is 2. The molecular formula is C19H20OS3. The number of rotatable bonds is 4. The van der Waals surface area contributed by atoms with Crippen LogP contribution < -0.4 is 0 Å². The van der Waals surface area contributed by atoms with Crippen LogP contribution in [-0.2, 0) is 10.8 Å². The maximum atomic E-state index is 13.1. The van der Waals surface area contributed by atoms with Crippen LogP contribution in [0.1, 0.15) is 20.3 Å². The Morgan fingerprint density at radius 3 is 1.78 bits per heavy atom. The summed E-state index contributed by atoms with van der Waals surface area (Å²) >= 11 is 3.50. The zero-order valence-electron chi connectivity index (χ0n) is 13.3. The Morgan fingerprint density at radius 1 is 0.826 bits per heavy atom. The van der Waals surface area contributed by atoms with Crippen molar-refractivity contribution in [1.82, 2.24) is 0 Å². The largest absolute Gasteiger partial charge is 0.257 e. The minimum Gasteiger partial charge on any atom is -0.257 e. The fraction of sp³-hybridized carbons (Fsp3) is 0.263. The molecule has 2 aromatic carbocycles. The number of allylic oxidation sites excluding steroid dienone is 1. The third-order valence-electron chi connectivity index (χ3n) is 3.94. The maximum absolute atomic E-state index is 13.1. The summed E-state index contributed by atoms with van der Waals surface area (Å²) in [4.78, 5) is 2.35. The molecule has 0 spiro atoms. The van der Waals surface area contributed by atoms with Crippen molar-refractivity contribution in [3.05, 3.63) is 71.8 Å². The van der Waals surface area contributed by atoms with Crippen LogP contribution in [0, 0.1) is 0 Å². The molecule has 0 N–H and O–H groups in total. The Hall–Kier alpha value is -0.970. The van der Waals surface area contributed by atoms with Crippen LogP contribution in [0.4, 0.5) is 0 Å². The third kappa shape index (κ3) is 3.93. The summed E-state index contributed by atoms with van der Waals surface area (Å²) in [6, 6.07) is 20.6. The van der Waals surface area contributed by atoms with Crippen LogP contribution in [0.3, 0.4) is 0 Å². The number of benzene rings is 2. The van der Waals surface area contributed by atoms with Gasteiger partial charge in [0, 0.05) is 22.0 Å². The summed E-state index contributed by atoms with van der Waals surface area (Å²) in [5, 5.41) is 0. The first-order valence-electron chi connectivity index (χ1n) is 7.61. The Morgan fingerprint density at radius 2 is 1.30 bits per heavy atom. The fourth-order valence-electron chi connectivity index (χ4n) is 2.51. The first-order valence-corrected chi connectivity index (χ1v) is 10.6. The van der Waals surface area contributed by atoms with Crippen LogP contribution in [0.25, 0.3) is 0 Å². The molecule has 1 aliphatic heterocycles. The van der Waals surface area contributed by atoms with E-state index in [1.165, 1.54) is 20.9 Å². The molecular weight excluding hydrogens is 340 g/mol. The summed E-state index contributed by atoms with van der Waals surface area (Å²) in [6.07, 6.45) is 0.852. The van der Waals surface area contributed by atoms with Gasteiger partial charge in [-0.05, 0) is 38.1 Å². The topological polar surface area (TPSA) is 17.1 Å². The van der Waals surface area contributed by atoms with Gasteiger partial charge >= 0.3 is 0 Å². The van der Waals surface area contributed by atoms with Gasteiger partial charge in [-0.3, -0.25) is 4.21 Å². The van der Waals surface area contributed by atoms with Crippen molar-refractivity contribution in [2.24, 2.45) is 0 Å². The van der Waals surface area contributed by atoms with E-state index in [2.05, 4.69) is 38.1 Å². The minimum atomic E-state index is -0.920. The Labute approximate surface area is 149 Å². The molecule has 120 valence electrons. The van der Waals surface area contributed by atoms with Crippen molar-refractivity contribution in [2.75, 3.05) is 5.75 Å². The highest BCUT2D eigenvalue weighted by atomic mass is 32.3. The van der Waals surface area contributed by atoms with Gasteiger partial charge in [0.2, 0.25) is 0 Å². The Balaban J connectivity index is 1.98. The number of hydrogen-bond acceptors (Lipinski definition) is 3. The molecule has 1 aliphatic rings. The van der Waals surface area contributed by atoms with E-state index in [0.717, 1.165) is 6.42 Å². The quantitative estimate of drug-likeness (QED) is 0.513. The van der Waals surface area contributed by atoms with Crippen LogP contribution in [-0.4, -0.2) is 13.4 Å². The van der Waals surface area contributed by atoms with Crippen molar-refractivity contribution < 1.29 is 4.21 Å². The van der Waals surface area contributed by atoms with Crippen molar-refractivity contribution in [3.8, 4) is 0 Å². The van der Waals surface area contributed by atoms with Crippen LogP contribution >= 0.6 is 23.5 Å². The zero-order chi connectivity index (χ0) is 16.3. The van der Waals surface area contributed by atoms with E-state index in [1.54, 1.807) is 23.5 Å². The smallest absolute Gasteiger partial charge is 0.149 e. The second kappa shape index (κ2) is 7.29. The molecule has 0 aliphatic carbocycles. The second-order valence-electron chi connectivity index (χ2n) is 5.74. The lowest BCUT2D eigenvalue weighted by Crippen LogP contribution is -2.33. The van der Waals surface area contributed by atoms with Crippen LogP contribution in [0.2, 0.25) is 0 Å². The Kier molecular flexibility index (Phi) is 5.34. The van der Waals surface area contributed by atoms with Gasteiger partial charge in [0.15, 0.2) is 0 Å². The zero-order valence-corrected chi connectivity index (χ0v) is 15.8. The molecule has 0 bridgehead atoms. The van der Waals surface area contributed by atoms with Gasteiger partial charge < -0.3 is 0 Å². The molecule has 0 saturated carbocycles. The van der Waals surface area contributed by atoms with E-state index in [9.17, 15) is 4.21 Å². The maximum Gasteiger partial charge on any atom is 0.149 e. The van der Waals surface area contributed by atoms with Gasteiger partial charge in [0.1, 0.15) is 3.41 Å². The molecule has 0 aromatic heterocycles. The third-order valence-corrected chi connectivity index (χ3v) is 9.51. The van der Waals surface area contributed by atoms with Gasteiger partial charge in [0.25, 0.3) is 0 Å². The fourth-order valence-corrected chi connectivity index (χ4v) is 8.05.